The third-order valence-electron chi connectivity index (χ3n) is 3.61. The molecule has 0 fully saturated rings. The average molecular weight is 293 g/mol. The molecule has 0 unspecified atom stereocenters. The summed E-state index contributed by atoms with van der Waals surface area (Å²) in [6.07, 6.45) is 1.33. The molecule has 1 heterocycles. The predicted molar refractivity (Wildman–Crippen MR) is 79.4 cm³/mol. The minimum absolute atomic E-state index is 0.182. The number of hydrogen-bond acceptors (Lipinski definition) is 5. The third-order valence-corrected chi connectivity index (χ3v) is 3.61. The fourth-order valence-electron chi connectivity index (χ4n) is 2.54. The SMILES string of the molecule is O=C1C=C(Nc2ccc3c(c2)OCO3)C(=O)c2ccccc21. The number of nitrogens with one attached hydrogen (secondary N) is 1. The van der Waals surface area contributed by atoms with Gasteiger partial charge in [0.2, 0.25) is 12.6 Å². The third kappa shape index (κ3) is 1.95. The molecule has 2 aromatic rings. The van der Waals surface area contributed by atoms with Crippen molar-refractivity contribution in [2.75, 3.05) is 12.1 Å². The Hall–Kier alpha value is -3.08. The van der Waals surface area contributed by atoms with Crippen LogP contribution in [-0.2, 0) is 0 Å². The van der Waals surface area contributed by atoms with Crippen LogP contribution in [0.15, 0.2) is 54.2 Å². The summed E-state index contributed by atoms with van der Waals surface area (Å²) in [5.41, 5.74) is 1.76. The van der Waals surface area contributed by atoms with Crippen LogP contribution < -0.4 is 14.8 Å². The van der Waals surface area contributed by atoms with Crippen LogP contribution in [0.4, 0.5) is 5.69 Å². The van der Waals surface area contributed by atoms with Crippen LogP contribution in [0, 0.1) is 0 Å². The van der Waals surface area contributed by atoms with Crippen molar-refractivity contribution in [1.82, 2.24) is 0 Å². The quantitative estimate of drug-likeness (QED) is 0.922. The Kier molecular flexibility index (Phi) is 2.72. The number of benzene rings is 2. The van der Waals surface area contributed by atoms with Gasteiger partial charge in [-0.05, 0) is 12.1 Å². The maximum Gasteiger partial charge on any atom is 0.231 e. The number of anilines is 1. The maximum absolute atomic E-state index is 12.5. The van der Waals surface area contributed by atoms with Gasteiger partial charge in [0.1, 0.15) is 0 Å². The van der Waals surface area contributed by atoms with E-state index in [0.29, 0.717) is 28.3 Å². The lowest BCUT2D eigenvalue weighted by atomic mass is 9.92. The maximum atomic E-state index is 12.5. The first-order valence-electron chi connectivity index (χ1n) is 6.79. The molecule has 0 saturated carbocycles. The van der Waals surface area contributed by atoms with Gasteiger partial charge in [0, 0.05) is 29.0 Å². The molecule has 0 aromatic heterocycles. The molecule has 2 aliphatic rings. The zero-order chi connectivity index (χ0) is 15.1. The van der Waals surface area contributed by atoms with Gasteiger partial charge in [0.15, 0.2) is 17.3 Å². The zero-order valence-electron chi connectivity index (χ0n) is 11.5. The molecular formula is C17H11NO4. The van der Waals surface area contributed by atoms with Crippen LogP contribution in [0.5, 0.6) is 11.5 Å². The van der Waals surface area contributed by atoms with Gasteiger partial charge in [-0.25, -0.2) is 0 Å². The molecule has 4 rings (SSSR count). The molecule has 1 aliphatic carbocycles. The number of rotatable bonds is 2. The zero-order valence-corrected chi connectivity index (χ0v) is 11.5. The summed E-state index contributed by atoms with van der Waals surface area (Å²) < 4.78 is 10.5. The first-order valence-corrected chi connectivity index (χ1v) is 6.79. The summed E-state index contributed by atoms with van der Waals surface area (Å²) in [5.74, 6) is 0.891. The normalized spacial score (nSPS) is 15.4. The lowest BCUT2D eigenvalue weighted by molar-refractivity contribution is 0.0985. The monoisotopic (exact) mass is 293 g/mol. The number of carbonyl (C=O) groups is 2. The van der Waals surface area contributed by atoms with E-state index in [1.165, 1.54) is 6.08 Å². The average Bonchev–Trinajstić information content (AvgIpc) is 3.00. The van der Waals surface area contributed by atoms with Crippen molar-refractivity contribution in [1.29, 1.82) is 0 Å². The van der Waals surface area contributed by atoms with Gasteiger partial charge in [0.05, 0.1) is 5.70 Å². The summed E-state index contributed by atoms with van der Waals surface area (Å²) in [5, 5.41) is 2.99. The molecule has 0 radical (unpaired) electrons. The van der Waals surface area contributed by atoms with Gasteiger partial charge < -0.3 is 14.8 Å². The van der Waals surface area contributed by atoms with Gasteiger partial charge in [-0.1, -0.05) is 24.3 Å². The molecule has 0 atom stereocenters. The Bertz CT molecular complexity index is 838. The highest BCUT2D eigenvalue weighted by molar-refractivity contribution is 6.25. The largest absolute Gasteiger partial charge is 0.454 e. The summed E-state index contributed by atoms with van der Waals surface area (Å²) in [4.78, 5) is 24.6. The molecule has 1 N–H and O–H groups in total. The molecule has 5 heteroatoms. The van der Waals surface area contributed by atoms with Gasteiger partial charge in [-0.2, -0.15) is 0 Å². The van der Waals surface area contributed by atoms with Crippen LogP contribution in [0.25, 0.3) is 0 Å². The fraction of sp³-hybridized carbons (Fsp3) is 0.0588. The first kappa shape index (κ1) is 12.6. The van der Waals surface area contributed by atoms with E-state index >= 15 is 0 Å². The molecule has 22 heavy (non-hydrogen) atoms. The molecule has 0 saturated heterocycles. The van der Waals surface area contributed by atoms with Crippen LogP contribution in [0.3, 0.4) is 0 Å². The molecule has 2 aromatic carbocycles. The van der Waals surface area contributed by atoms with Gasteiger partial charge in [-0.15, -0.1) is 0 Å². The van der Waals surface area contributed by atoms with Crippen molar-refractivity contribution >= 4 is 17.3 Å². The Balaban J connectivity index is 1.67. The first-order chi connectivity index (χ1) is 10.7. The number of ether oxygens (including phenoxy) is 2. The second-order valence-electron chi connectivity index (χ2n) is 4.99. The molecule has 5 nitrogen and oxygen atoms in total. The Morgan fingerprint density at radius 1 is 0.909 bits per heavy atom. The van der Waals surface area contributed by atoms with Crippen molar-refractivity contribution in [3.05, 3.63) is 65.4 Å². The van der Waals surface area contributed by atoms with E-state index in [1.807, 2.05) is 0 Å². The number of carbonyl (C=O) groups excluding carboxylic acids is 2. The Morgan fingerprint density at radius 3 is 2.55 bits per heavy atom. The van der Waals surface area contributed by atoms with E-state index in [-0.39, 0.29) is 24.1 Å². The van der Waals surface area contributed by atoms with Crippen LogP contribution in [0.2, 0.25) is 0 Å². The van der Waals surface area contributed by atoms with Crippen molar-refractivity contribution in [3.8, 4) is 11.5 Å². The highest BCUT2D eigenvalue weighted by Crippen LogP contribution is 2.35. The fourth-order valence-corrected chi connectivity index (χ4v) is 2.54. The Labute approximate surface area is 126 Å². The van der Waals surface area contributed by atoms with E-state index in [9.17, 15) is 9.59 Å². The summed E-state index contributed by atoms with van der Waals surface area (Å²) in [6, 6.07) is 12.1. The second kappa shape index (κ2) is 4.73. The molecule has 1 aliphatic heterocycles. The highest BCUT2D eigenvalue weighted by atomic mass is 16.7. The summed E-state index contributed by atoms with van der Waals surface area (Å²) >= 11 is 0. The smallest absolute Gasteiger partial charge is 0.231 e. The van der Waals surface area contributed by atoms with E-state index in [0.717, 1.165) is 0 Å². The van der Waals surface area contributed by atoms with Gasteiger partial charge >= 0.3 is 0 Å². The topological polar surface area (TPSA) is 64.6 Å². The number of Topliss-reactive ketones (excluding diaryl/α,β-unsaturated/α-hetero) is 1. The van der Waals surface area contributed by atoms with Gasteiger partial charge in [0.25, 0.3) is 0 Å². The standard InChI is InChI=1S/C17H11NO4/c19-14-8-13(17(20)12-4-2-1-3-11(12)14)18-10-5-6-15-16(7-10)22-9-21-15/h1-8,18H,9H2. The minimum Gasteiger partial charge on any atom is -0.454 e. The summed E-state index contributed by atoms with van der Waals surface area (Å²) in [7, 11) is 0. The number of ketones is 2. The van der Waals surface area contributed by atoms with Crippen LogP contribution in [-0.4, -0.2) is 18.4 Å². The highest BCUT2D eigenvalue weighted by Gasteiger charge is 2.25. The predicted octanol–water partition coefficient (Wildman–Crippen LogP) is 2.79. The van der Waals surface area contributed by atoms with E-state index in [4.69, 9.17) is 9.47 Å². The molecule has 108 valence electrons. The number of fused-ring (bicyclic) bond motifs is 2. The molecule has 0 bridgehead atoms. The minimum atomic E-state index is -0.201. The lowest BCUT2D eigenvalue weighted by Gasteiger charge is -2.16. The van der Waals surface area contributed by atoms with Gasteiger partial charge in [-0.3, -0.25) is 9.59 Å². The van der Waals surface area contributed by atoms with Crippen molar-refractivity contribution < 1.29 is 19.1 Å². The van der Waals surface area contributed by atoms with Crippen molar-refractivity contribution in [3.63, 3.8) is 0 Å². The molecule has 0 amide bonds. The number of hydrogen-bond donors (Lipinski definition) is 1. The van der Waals surface area contributed by atoms with Crippen molar-refractivity contribution in [2.24, 2.45) is 0 Å². The lowest BCUT2D eigenvalue weighted by Crippen LogP contribution is -2.21. The Morgan fingerprint density at radius 2 is 1.68 bits per heavy atom. The van der Waals surface area contributed by atoms with Crippen molar-refractivity contribution in [2.45, 2.75) is 0 Å². The summed E-state index contributed by atoms with van der Waals surface area (Å²) in [6.45, 7) is 0.187. The molecular weight excluding hydrogens is 282 g/mol. The molecule has 0 spiro atoms. The van der Waals surface area contributed by atoms with Crippen LogP contribution >= 0.6 is 0 Å². The van der Waals surface area contributed by atoms with Crippen LogP contribution in [0.1, 0.15) is 20.7 Å². The number of allylic oxidation sites excluding steroid dienone is 2. The van der Waals surface area contributed by atoms with E-state index < -0.39 is 0 Å². The van der Waals surface area contributed by atoms with E-state index in [1.54, 1.807) is 42.5 Å². The second-order valence-corrected chi connectivity index (χ2v) is 4.99. The van der Waals surface area contributed by atoms with E-state index in [2.05, 4.69) is 5.32 Å².